The zero-order valence-electron chi connectivity index (χ0n) is 12.6. The Morgan fingerprint density at radius 3 is 2.10 bits per heavy atom. The average molecular weight is 297 g/mol. The molecule has 1 amide bonds. The van der Waals surface area contributed by atoms with Crippen LogP contribution in [-0.2, 0) is 19.1 Å². The van der Waals surface area contributed by atoms with Crippen molar-refractivity contribution >= 4 is 17.8 Å². The van der Waals surface area contributed by atoms with E-state index in [9.17, 15) is 14.4 Å². The maximum absolute atomic E-state index is 10.7. The first-order chi connectivity index (χ1) is 9.79. The molecule has 0 unspecified atom stereocenters. The number of carbonyl (C=O) groups is 3. The highest BCUT2D eigenvalue weighted by Crippen LogP contribution is 2.08. The van der Waals surface area contributed by atoms with Crippen molar-refractivity contribution in [2.45, 2.75) is 26.7 Å². The van der Waals surface area contributed by atoms with Crippen molar-refractivity contribution in [1.29, 1.82) is 0 Å². The summed E-state index contributed by atoms with van der Waals surface area (Å²) >= 11 is 0. The first kappa shape index (κ1) is 20.9. The molecule has 21 heavy (non-hydrogen) atoms. The third kappa shape index (κ3) is 12.4. The minimum Gasteiger partial charge on any atom is -0.478 e. The van der Waals surface area contributed by atoms with Crippen LogP contribution in [0.1, 0.15) is 26.7 Å². The normalized spacial score (nSPS) is 12.1. The number of aliphatic carboxylic acids is 1. The minimum atomic E-state index is -0.935. The molecule has 1 N–H and O–H groups in total. The summed E-state index contributed by atoms with van der Waals surface area (Å²) in [6.07, 6.45) is 4.43. The van der Waals surface area contributed by atoms with Gasteiger partial charge >= 0.3 is 11.9 Å². The maximum atomic E-state index is 10.7. The van der Waals surface area contributed by atoms with E-state index >= 15 is 0 Å². The Hall–Kier alpha value is -2.37. The van der Waals surface area contributed by atoms with Gasteiger partial charge in [-0.3, -0.25) is 4.79 Å². The summed E-state index contributed by atoms with van der Waals surface area (Å²) in [6.45, 7) is 14.3. The summed E-state index contributed by atoms with van der Waals surface area (Å²) < 4.78 is 4.43. The largest absolute Gasteiger partial charge is 0.478 e. The standard InChI is InChI=1S/C6H9NO.C5H8O2.C4H6O2/c1-2-7-5-3-4-6(7)8;1-3-5(6)7-4-2;1-3(2)4(5)6/h2H,1,3-5H2;3H,1,4H2,2H3;1H2,2H3,(H,5,6). The molecule has 0 aromatic heterocycles. The van der Waals surface area contributed by atoms with Gasteiger partial charge in [0.1, 0.15) is 0 Å². The van der Waals surface area contributed by atoms with E-state index in [2.05, 4.69) is 24.5 Å². The van der Waals surface area contributed by atoms with Crippen molar-refractivity contribution in [3.63, 3.8) is 0 Å². The third-order valence-electron chi connectivity index (χ3n) is 2.15. The Labute approximate surface area is 125 Å². The summed E-state index contributed by atoms with van der Waals surface area (Å²) in [4.78, 5) is 32.0. The molecule has 0 saturated carbocycles. The lowest BCUT2D eigenvalue weighted by Crippen LogP contribution is -2.16. The molecule has 0 aromatic rings. The Balaban J connectivity index is 0. The number of rotatable bonds is 4. The predicted octanol–water partition coefficient (Wildman–Crippen LogP) is 2.13. The second-order valence-electron chi connectivity index (χ2n) is 3.91. The minimum absolute atomic E-state index is 0.176. The predicted molar refractivity (Wildman–Crippen MR) is 80.4 cm³/mol. The second-order valence-corrected chi connectivity index (χ2v) is 3.91. The fourth-order valence-electron chi connectivity index (χ4n) is 1.06. The maximum Gasteiger partial charge on any atom is 0.330 e. The summed E-state index contributed by atoms with van der Waals surface area (Å²) in [5.74, 6) is -1.09. The van der Waals surface area contributed by atoms with Gasteiger partial charge in [-0.1, -0.05) is 19.7 Å². The molecule has 0 atom stereocenters. The number of amides is 1. The molecule has 6 heteroatoms. The number of likely N-dealkylation sites (tertiary alicyclic amines) is 1. The lowest BCUT2D eigenvalue weighted by molar-refractivity contribution is -0.137. The Morgan fingerprint density at radius 2 is 1.95 bits per heavy atom. The van der Waals surface area contributed by atoms with Crippen LogP contribution in [-0.4, -0.2) is 41.0 Å². The number of nitrogens with zero attached hydrogens (tertiary/aromatic N) is 1. The highest BCUT2D eigenvalue weighted by atomic mass is 16.5. The van der Waals surface area contributed by atoms with Crippen LogP contribution in [0.2, 0.25) is 0 Å². The Morgan fingerprint density at radius 1 is 1.43 bits per heavy atom. The molecular formula is C15H23NO5. The summed E-state index contributed by atoms with van der Waals surface area (Å²) in [5.41, 5.74) is 0.176. The SMILES string of the molecule is C=C(C)C(=O)O.C=CC(=O)OCC.C=CN1CCCC1=O. The lowest BCUT2D eigenvalue weighted by Gasteiger charge is -2.05. The van der Waals surface area contributed by atoms with Gasteiger partial charge in [0.15, 0.2) is 0 Å². The second kappa shape index (κ2) is 12.7. The molecule has 0 radical (unpaired) electrons. The molecule has 0 bridgehead atoms. The van der Waals surface area contributed by atoms with E-state index in [1.165, 1.54) is 6.92 Å². The molecule has 0 aliphatic carbocycles. The van der Waals surface area contributed by atoms with Gasteiger partial charge in [0.25, 0.3) is 0 Å². The van der Waals surface area contributed by atoms with Gasteiger partial charge in [0.2, 0.25) is 5.91 Å². The van der Waals surface area contributed by atoms with Crippen LogP contribution in [0.15, 0.2) is 37.6 Å². The molecule has 1 aliphatic rings. The van der Waals surface area contributed by atoms with Crippen LogP contribution < -0.4 is 0 Å². The van der Waals surface area contributed by atoms with E-state index < -0.39 is 5.97 Å². The van der Waals surface area contributed by atoms with Gasteiger partial charge in [-0.05, 0) is 26.5 Å². The summed E-state index contributed by atoms with van der Waals surface area (Å²) in [5, 5.41) is 7.89. The molecule has 118 valence electrons. The zero-order valence-corrected chi connectivity index (χ0v) is 12.6. The number of carbonyl (C=O) groups excluding carboxylic acids is 2. The Bertz CT molecular complexity index is 389. The van der Waals surface area contributed by atoms with E-state index in [0.29, 0.717) is 13.0 Å². The monoisotopic (exact) mass is 297 g/mol. The van der Waals surface area contributed by atoms with Gasteiger partial charge in [-0.25, -0.2) is 9.59 Å². The van der Waals surface area contributed by atoms with Crippen LogP contribution in [0.5, 0.6) is 0 Å². The van der Waals surface area contributed by atoms with E-state index in [4.69, 9.17) is 5.11 Å². The van der Waals surface area contributed by atoms with Gasteiger partial charge in [-0.2, -0.15) is 0 Å². The van der Waals surface area contributed by atoms with Crippen LogP contribution >= 0.6 is 0 Å². The highest BCUT2D eigenvalue weighted by molar-refractivity contribution is 5.84. The number of carboxylic acids is 1. The molecule has 1 rings (SSSR count). The number of hydrogen-bond donors (Lipinski definition) is 1. The highest BCUT2D eigenvalue weighted by Gasteiger charge is 2.15. The lowest BCUT2D eigenvalue weighted by atomic mass is 10.4. The van der Waals surface area contributed by atoms with Gasteiger partial charge in [-0.15, -0.1) is 0 Å². The van der Waals surface area contributed by atoms with Gasteiger partial charge < -0.3 is 14.7 Å². The first-order valence-electron chi connectivity index (χ1n) is 6.40. The molecule has 0 spiro atoms. The quantitative estimate of drug-likeness (QED) is 0.635. The van der Waals surface area contributed by atoms with Gasteiger partial charge in [0.05, 0.1) is 6.61 Å². The first-order valence-corrected chi connectivity index (χ1v) is 6.40. The van der Waals surface area contributed by atoms with Crippen molar-refractivity contribution in [3.05, 3.63) is 37.6 Å². The molecule has 1 aliphatic heterocycles. The van der Waals surface area contributed by atoms with Crippen molar-refractivity contribution in [3.8, 4) is 0 Å². The van der Waals surface area contributed by atoms with E-state index in [0.717, 1.165) is 19.0 Å². The topological polar surface area (TPSA) is 83.9 Å². The van der Waals surface area contributed by atoms with Crippen LogP contribution in [0.4, 0.5) is 0 Å². The van der Waals surface area contributed by atoms with E-state index in [1.807, 2.05) is 0 Å². The number of carboxylic acid groups (broad SMARTS) is 1. The fourth-order valence-corrected chi connectivity index (χ4v) is 1.06. The van der Waals surface area contributed by atoms with Crippen molar-refractivity contribution in [2.24, 2.45) is 0 Å². The summed E-state index contributed by atoms with van der Waals surface area (Å²) in [6, 6.07) is 0. The van der Waals surface area contributed by atoms with Crippen LogP contribution in [0.3, 0.4) is 0 Å². The van der Waals surface area contributed by atoms with Crippen LogP contribution in [0, 0.1) is 0 Å². The molecule has 1 heterocycles. The summed E-state index contributed by atoms with van der Waals surface area (Å²) in [7, 11) is 0. The van der Waals surface area contributed by atoms with Crippen molar-refractivity contribution in [1.82, 2.24) is 4.90 Å². The van der Waals surface area contributed by atoms with Gasteiger partial charge in [0, 0.05) is 24.6 Å². The van der Waals surface area contributed by atoms with Crippen molar-refractivity contribution in [2.75, 3.05) is 13.2 Å². The molecule has 0 aromatic carbocycles. The van der Waals surface area contributed by atoms with E-state index in [-0.39, 0.29) is 17.4 Å². The molecular weight excluding hydrogens is 274 g/mol. The smallest absolute Gasteiger partial charge is 0.330 e. The number of hydrogen-bond acceptors (Lipinski definition) is 4. The van der Waals surface area contributed by atoms with E-state index in [1.54, 1.807) is 18.0 Å². The fraction of sp³-hybridized carbons (Fsp3) is 0.400. The number of ether oxygens (including phenoxy) is 1. The average Bonchev–Trinajstić information content (AvgIpc) is 2.85. The van der Waals surface area contributed by atoms with Crippen LogP contribution in [0.25, 0.3) is 0 Å². The third-order valence-corrected chi connectivity index (χ3v) is 2.15. The molecule has 6 nitrogen and oxygen atoms in total. The molecule has 1 saturated heterocycles. The zero-order chi connectivity index (χ0) is 16.8. The van der Waals surface area contributed by atoms with Crippen molar-refractivity contribution < 1.29 is 24.2 Å². The number of esters is 1. The Kier molecular flexibility index (Phi) is 12.6. The molecule has 1 fully saturated rings.